The molecule has 8 heteroatoms. The van der Waals surface area contributed by atoms with E-state index in [0.717, 1.165) is 36.8 Å². The average Bonchev–Trinajstić information content (AvgIpc) is 3.31. The molecule has 2 heterocycles. The van der Waals surface area contributed by atoms with E-state index < -0.39 is 10.0 Å². The van der Waals surface area contributed by atoms with Crippen LogP contribution in [0.15, 0.2) is 35.2 Å². The van der Waals surface area contributed by atoms with Gasteiger partial charge in [0.1, 0.15) is 0 Å². The van der Waals surface area contributed by atoms with Crippen molar-refractivity contribution in [3.05, 3.63) is 30.4 Å². The van der Waals surface area contributed by atoms with Crippen LogP contribution in [0, 0.1) is 5.92 Å². The van der Waals surface area contributed by atoms with Gasteiger partial charge in [0.05, 0.1) is 15.1 Å². The zero-order valence-corrected chi connectivity index (χ0v) is 16.0. The van der Waals surface area contributed by atoms with Gasteiger partial charge in [0.25, 0.3) is 0 Å². The van der Waals surface area contributed by atoms with Gasteiger partial charge >= 0.3 is 0 Å². The predicted molar refractivity (Wildman–Crippen MR) is 103 cm³/mol. The van der Waals surface area contributed by atoms with Crippen LogP contribution in [0.5, 0.6) is 0 Å². The molecule has 1 fully saturated rings. The van der Waals surface area contributed by atoms with Crippen LogP contribution in [0.1, 0.15) is 32.1 Å². The SMILES string of the molecule is O=C(Nc1nc2ccc(S(=O)(=O)N3CCCC3)cc2s1)[C@H]1CC=CCC1. The van der Waals surface area contributed by atoms with Crippen molar-refractivity contribution in [1.29, 1.82) is 0 Å². The molecule has 2 aromatic rings. The number of hydrogen-bond donors (Lipinski definition) is 1. The van der Waals surface area contributed by atoms with Crippen LogP contribution in [0.3, 0.4) is 0 Å². The number of carbonyl (C=O) groups is 1. The molecule has 4 rings (SSSR count). The van der Waals surface area contributed by atoms with E-state index in [1.54, 1.807) is 18.2 Å². The second-order valence-electron chi connectivity index (χ2n) is 6.73. The molecule has 1 aliphatic carbocycles. The summed E-state index contributed by atoms with van der Waals surface area (Å²) in [6, 6.07) is 4.99. The molecule has 0 unspecified atom stereocenters. The Morgan fingerprint density at radius 1 is 1.23 bits per heavy atom. The summed E-state index contributed by atoms with van der Waals surface area (Å²) in [5.41, 5.74) is 0.703. The molecule has 6 nitrogen and oxygen atoms in total. The second-order valence-corrected chi connectivity index (χ2v) is 9.70. The molecule has 0 radical (unpaired) electrons. The summed E-state index contributed by atoms with van der Waals surface area (Å²) in [5, 5.41) is 3.41. The standard InChI is InChI=1S/C18H21N3O3S2/c22-17(13-6-2-1-3-7-13)20-18-19-15-9-8-14(12-16(15)25-18)26(23,24)21-10-4-5-11-21/h1-2,8-9,12-13H,3-7,10-11H2,(H,19,20,22)/t13-/m0/s1. The summed E-state index contributed by atoms with van der Waals surface area (Å²) in [5.74, 6) is -0.0311. The van der Waals surface area contributed by atoms with Crippen LogP contribution in [0.4, 0.5) is 5.13 Å². The van der Waals surface area contributed by atoms with Crippen LogP contribution >= 0.6 is 11.3 Å². The zero-order valence-electron chi connectivity index (χ0n) is 14.3. The van der Waals surface area contributed by atoms with Gasteiger partial charge in [-0.15, -0.1) is 0 Å². The first-order chi connectivity index (χ1) is 12.5. The normalized spacial score (nSPS) is 21.3. The molecule has 2 aliphatic rings. The number of thiazole rings is 1. The Balaban J connectivity index is 1.56. The summed E-state index contributed by atoms with van der Waals surface area (Å²) >= 11 is 1.32. The third kappa shape index (κ3) is 3.41. The molecule has 1 atom stereocenters. The fourth-order valence-corrected chi connectivity index (χ4v) is 5.96. The first kappa shape index (κ1) is 17.6. The van der Waals surface area contributed by atoms with Gasteiger partial charge in [0.15, 0.2) is 5.13 Å². The lowest BCUT2D eigenvalue weighted by atomic mass is 9.94. The quantitative estimate of drug-likeness (QED) is 0.811. The molecule has 1 aliphatic heterocycles. The second kappa shape index (κ2) is 7.09. The van der Waals surface area contributed by atoms with Crippen molar-refractivity contribution in [3.63, 3.8) is 0 Å². The highest BCUT2D eigenvalue weighted by molar-refractivity contribution is 7.89. The summed E-state index contributed by atoms with van der Waals surface area (Å²) in [6.07, 6.45) is 8.50. The number of benzene rings is 1. The summed E-state index contributed by atoms with van der Waals surface area (Å²) in [4.78, 5) is 17.1. The Morgan fingerprint density at radius 2 is 2.04 bits per heavy atom. The van der Waals surface area contributed by atoms with Gasteiger partial charge in [-0.25, -0.2) is 13.4 Å². The number of sulfonamides is 1. The zero-order chi connectivity index (χ0) is 18.1. The van der Waals surface area contributed by atoms with Crippen LogP contribution in [0.2, 0.25) is 0 Å². The molecule has 1 aromatic carbocycles. The maximum atomic E-state index is 12.7. The lowest BCUT2D eigenvalue weighted by molar-refractivity contribution is -0.120. The summed E-state index contributed by atoms with van der Waals surface area (Å²) in [7, 11) is -3.44. The number of aromatic nitrogens is 1. The Labute approximate surface area is 157 Å². The summed E-state index contributed by atoms with van der Waals surface area (Å²) in [6.45, 7) is 1.17. The highest BCUT2D eigenvalue weighted by Gasteiger charge is 2.27. The van der Waals surface area contributed by atoms with Crippen molar-refractivity contribution < 1.29 is 13.2 Å². The van der Waals surface area contributed by atoms with E-state index in [1.165, 1.54) is 15.6 Å². The van der Waals surface area contributed by atoms with E-state index in [-0.39, 0.29) is 11.8 Å². The van der Waals surface area contributed by atoms with E-state index in [1.807, 2.05) is 6.08 Å². The highest BCUT2D eigenvalue weighted by Crippen LogP contribution is 2.31. The molecule has 1 saturated heterocycles. The molecule has 138 valence electrons. The fraction of sp³-hybridized carbons (Fsp3) is 0.444. The molecule has 1 aromatic heterocycles. The first-order valence-corrected chi connectivity index (χ1v) is 11.2. The minimum Gasteiger partial charge on any atom is -0.302 e. The van der Waals surface area contributed by atoms with Crippen molar-refractivity contribution in [3.8, 4) is 0 Å². The van der Waals surface area contributed by atoms with Gasteiger partial charge in [-0.1, -0.05) is 23.5 Å². The molecule has 0 bridgehead atoms. The largest absolute Gasteiger partial charge is 0.302 e. The Hall–Kier alpha value is -1.77. The van der Waals surface area contributed by atoms with E-state index >= 15 is 0 Å². The number of nitrogens with one attached hydrogen (secondary N) is 1. The Kier molecular flexibility index (Phi) is 4.81. The average molecular weight is 392 g/mol. The van der Waals surface area contributed by atoms with Crippen molar-refractivity contribution in [2.75, 3.05) is 18.4 Å². The number of nitrogens with zero attached hydrogens (tertiary/aromatic N) is 2. The maximum Gasteiger partial charge on any atom is 0.243 e. The first-order valence-electron chi connectivity index (χ1n) is 8.91. The van der Waals surface area contributed by atoms with Gasteiger partial charge in [0.2, 0.25) is 15.9 Å². The minimum atomic E-state index is -3.44. The van der Waals surface area contributed by atoms with Crippen LogP contribution < -0.4 is 5.32 Å². The summed E-state index contributed by atoms with van der Waals surface area (Å²) < 4.78 is 27.7. The topological polar surface area (TPSA) is 79.4 Å². The van der Waals surface area contributed by atoms with Gasteiger partial charge in [-0.3, -0.25) is 4.79 Å². The monoisotopic (exact) mass is 391 g/mol. The number of allylic oxidation sites excluding steroid dienone is 2. The molecule has 0 saturated carbocycles. The smallest absolute Gasteiger partial charge is 0.243 e. The molecular formula is C18H21N3O3S2. The van der Waals surface area contributed by atoms with Gasteiger partial charge in [0, 0.05) is 19.0 Å². The lowest BCUT2D eigenvalue weighted by Crippen LogP contribution is -2.27. The number of carbonyl (C=O) groups excluding carboxylic acids is 1. The fourth-order valence-electron chi connectivity index (χ4n) is 3.44. The molecule has 0 spiro atoms. The maximum absolute atomic E-state index is 12.7. The van der Waals surface area contributed by atoms with Crippen molar-refractivity contribution in [2.45, 2.75) is 37.0 Å². The van der Waals surface area contributed by atoms with Crippen LogP contribution in [-0.4, -0.2) is 36.7 Å². The van der Waals surface area contributed by atoms with E-state index in [9.17, 15) is 13.2 Å². The van der Waals surface area contributed by atoms with Crippen molar-refractivity contribution in [1.82, 2.24) is 9.29 Å². The third-order valence-electron chi connectivity index (χ3n) is 4.93. The lowest BCUT2D eigenvalue weighted by Gasteiger charge is -2.15. The van der Waals surface area contributed by atoms with Gasteiger partial charge < -0.3 is 5.32 Å². The van der Waals surface area contributed by atoms with Crippen LogP contribution in [0.25, 0.3) is 10.2 Å². The molecule has 1 amide bonds. The van der Waals surface area contributed by atoms with E-state index in [2.05, 4.69) is 16.4 Å². The number of hydrogen-bond acceptors (Lipinski definition) is 5. The number of anilines is 1. The van der Waals surface area contributed by atoms with Crippen molar-refractivity contribution in [2.24, 2.45) is 5.92 Å². The number of fused-ring (bicyclic) bond motifs is 1. The third-order valence-corrected chi connectivity index (χ3v) is 7.76. The van der Waals surface area contributed by atoms with E-state index in [0.29, 0.717) is 28.6 Å². The Morgan fingerprint density at radius 3 is 2.77 bits per heavy atom. The van der Waals surface area contributed by atoms with Gasteiger partial charge in [-0.2, -0.15) is 4.31 Å². The number of rotatable bonds is 4. The predicted octanol–water partition coefficient (Wildman–Crippen LogP) is 3.38. The highest BCUT2D eigenvalue weighted by atomic mass is 32.2. The molecule has 1 N–H and O–H groups in total. The minimum absolute atomic E-state index is 0.0154. The van der Waals surface area contributed by atoms with Crippen LogP contribution in [-0.2, 0) is 14.8 Å². The molecular weight excluding hydrogens is 370 g/mol. The van der Waals surface area contributed by atoms with E-state index in [4.69, 9.17) is 0 Å². The molecule has 26 heavy (non-hydrogen) atoms. The Bertz CT molecular complexity index is 959. The number of amides is 1. The van der Waals surface area contributed by atoms with Crippen molar-refractivity contribution >= 4 is 42.6 Å². The van der Waals surface area contributed by atoms with Gasteiger partial charge in [-0.05, 0) is 50.3 Å².